The average molecular weight is 547 g/mol. The third-order valence-corrected chi connectivity index (χ3v) is 6.01. The molecule has 5 N–H and O–H groups in total. The molecule has 0 saturated heterocycles. The number of benzene rings is 2. The number of aromatic nitrogens is 1. The van der Waals surface area contributed by atoms with E-state index in [1.807, 2.05) is 54.6 Å². The normalized spacial score (nSPS) is 12.3. The predicted octanol–water partition coefficient (Wildman–Crippen LogP) is 2.90. The van der Waals surface area contributed by atoms with E-state index in [4.69, 9.17) is 15.2 Å². The van der Waals surface area contributed by atoms with Gasteiger partial charge in [-0.1, -0.05) is 48.5 Å². The van der Waals surface area contributed by atoms with E-state index < -0.39 is 35.8 Å². The number of ether oxygens (including phenoxy) is 2. The number of hydrogen-bond donors (Lipinski definition) is 4. The fraction of sp³-hybridized carbons (Fsp3) is 0.267. The standard InChI is InChI=1S/C30H34N4O6/c1-3-40-28(36)18-14-21(13-17-27(31)35)32-30(38)25(19-20-9-5-4-6-10-20)34-29(37)24-16-15-23(33-24)22-11-7-8-12-26(22)39-2/h4-12,14-16,18,21,25,33H,3,13,17,19H2,1-2H3,(H2,31,35)(H,32,38)(H,34,37)/b18-14+. The minimum Gasteiger partial charge on any atom is -0.496 e. The highest BCUT2D eigenvalue weighted by atomic mass is 16.5. The Hall–Kier alpha value is -4.86. The first-order chi connectivity index (χ1) is 19.3. The molecule has 40 heavy (non-hydrogen) atoms. The maximum absolute atomic E-state index is 13.4. The van der Waals surface area contributed by atoms with E-state index in [1.165, 1.54) is 12.2 Å². The Morgan fingerprint density at radius 1 is 0.975 bits per heavy atom. The van der Waals surface area contributed by atoms with Gasteiger partial charge in [0, 0.05) is 36.2 Å². The Morgan fingerprint density at radius 3 is 2.40 bits per heavy atom. The van der Waals surface area contributed by atoms with Crippen LogP contribution in [-0.2, 0) is 25.5 Å². The first-order valence-corrected chi connectivity index (χ1v) is 12.9. The molecule has 3 rings (SSSR count). The summed E-state index contributed by atoms with van der Waals surface area (Å²) >= 11 is 0. The van der Waals surface area contributed by atoms with Gasteiger partial charge in [-0.2, -0.15) is 0 Å². The van der Waals surface area contributed by atoms with Crippen LogP contribution in [-0.4, -0.2) is 54.5 Å². The highest BCUT2D eigenvalue weighted by Crippen LogP contribution is 2.28. The lowest BCUT2D eigenvalue weighted by molar-refractivity contribution is -0.137. The van der Waals surface area contributed by atoms with Crippen LogP contribution in [0.2, 0.25) is 0 Å². The van der Waals surface area contributed by atoms with Crippen molar-refractivity contribution in [3.63, 3.8) is 0 Å². The van der Waals surface area contributed by atoms with Crippen LogP contribution in [0.3, 0.4) is 0 Å². The number of amides is 3. The van der Waals surface area contributed by atoms with Gasteiger partial charge >= 0.3 is 5.97 Å². The Balaban J connectivity index is 1.80. The molecule has 0 spiro atoms. The number of para-hydroxylation sites is 1. The van der Waals surface area contributed by atoms with Gasteiger partial charge < -0.3 is 30.8 Å². The summed E-state index contributed by atoms with van der Waals surface area (Å²) in [6.45, 7) is 1.88. The molecule has 0 saturated carbocycles. The number of methoxy groups -OCH3 is 1. The van der Waals surface area contributed by atoms with Crippen molar-refractivity contribution in [3.05, 3.63) is 90.1 Å². The first-order valence-electron chi connectivity index (χ1n) is 12.9. The second-order valence-corrected chi connectivity index (χ2v) is 8.93. The molecule has 2 aromatic carbocycles. The molecule has 210 valence electrons. The van der Waals surface area contributed by atoms with Crippen LogP contribution in [0.4, 0.5) is 0 Å². The van der Waals surface area contributed by atoms with E-state index in [0.29, 0.717) is 11.4 Å². The summed E-state index contributed by atoms with van der Waals surface area (Å²) in [5, 5.41) is 5.62. The monoisotopic (exact) mass is 546 g/mol. The molecular formula is C30H34N4O6. The predicted molar refractivity (Wildman–Crippen MR) is 150 cm³/mol. The van der Waals surface area contributed by atoms with Crippen molar-refractivity contribution in [2.75, 3.05) is 13.7 Å². The molecule has 10 heteroatoms. The number of carbonyl (C=O) groups excluding carboxylic acids is 4. The number of carbonyl (C=O) groups is 4. The van der Waals surface area contributed by atoms with Crippen LogP contribution in [0.15, 0.2) is 78.9 Å². The zero-order valence-electron chi connectivity index (χ0n) is 22.5. The van der Waals surface area contributed by atoms with Gasteiger partial charge in [0.2, 0.25) is 11.8 Å². The maximum Gasteiger partial charge on any atom is 0.330 e. The van der Waals surface area contributed by atoms with E-state index in [1.54, 1.807) is 26.2 Å². The van der Waals surface area contributed by atoms with Gasteiger partial charge in [-0.25, -0.2) is 4.79 Å². The minimum atomic E-state index is -0.958. The summed E-state index contributed by atoms with van der Waals surface area (Å²) in [5.41, 5.74) is 7.86. The number of rotatable bonds is 14. The van der Waals surface area contributed by atoms with Crippen molar-refractivity contribution in [2.45, 2.75) is 38.3 Å². The van der Waals surface area contributed by atoms with E-state index in [0.717, 1.165) is 11.1 Å². The smallest absolute Gasteiger partial charge is 0.330 e. The number of esters is 1. The lowest BCUT2D eigenvalue weighted by Crippen LogP contribution is -2.50. The summed E-state index contributed by atoms with van der Waals surface area (Å²) in [6.07, 6.45) is 3.01. The molecular weight excluding hydrogens is 512 g/mol. The van der Waals surface area contributed by atoms with Crippen molar-refractivity contribution in [1.82, 2.24) is 15.6 Å². The van der Waals surface area contributed by atoms with Crippen molar-refractivity contribution < 1.29 is 28.7 Å². The summed E-state index contributed by atoms with van der Waals surface area (Å²) < 4.78 is 10.3. The molecule has 0 aliphatic heterocycles. The number of nitrogens with two attached hydrogens (primary N) is 1. The first kappa shape index (κ1) is 29.7. The van der Waals surface area contributed by atoms with Gasteiger partial charge in [0.05, 0.1) is 13.7 Å². The van der Waals surface area contributed by atoms with Crippen LogP contribution in [0.1, 0.15) is 35.8 Å². The number of hydrogen-bond acceptors (Lipinski definition) is 6. The molecule has 0 radical (unpaired) electrons. The second-order valence-electron chi connectivity index (χ2n) is 8.93. The highest BCUT2D eigenvalue weighted by Gasteiger charge is 2.25. The van der Waals surface area contributed by atoms with Crippen molar-refractivity contribution >= 4 is 23.7 Å². The largest absolute Gasteiger partial charge is 0.496 e. The highest BCUT2D eigenvalue weighted by molar-refractivity contribution is 5.97. The molecule has 0 fully saturated rings. The fourth-order valence-electron chi connectivity index (χ4n) is 4.03. The van der Waals surface area contributed by atoms with Gasteiger partial charge in [0.15, 0.2) is 0 Å². The van der Waals surface area contributed by atoms with Gasteiger partial charge in [-0.3, -0.25) is 14.4 Å². The molecule has 3 aromatic rings. The number of nitrogens with one attached hydrogen (secondary N) is 3. The van der Waals surface area contributed by atoms with Crippen LogP contribution in [0.25, 0.3) is 11.3 Å². The zero-order chi connectivity index (χ0) is 28.9. The van der Waals surface area contributed by atoms with Crippen LogP contribution < -0.4 is 21.1 Å². The third-order valence-electron chi connectivity index (χ3n) is 6.01. The summed E-state index contributed by atoms with van der Waals surface area (Å²) in [7, 11) is 1.57. The Labute approximate surface area is 232 Å². The average Bonchev–Trinajstić information content (AvgIpc) is 3.45. The summed E-state index contributed by atoms with van der Waals surface area (Å²) in [4.78, 5) is 53.0. The maximum atomic E-state index is 13.4. The number of H-pyrrole nitrogens is 1. The Morgan fingerprint density at radius 2 is 1.70 bits per heavy atom. The van der Waals surface area contributed by atoms with E-state index in [9.17, 15) is 19.2 Å². The lowest BCUT2D eigenvalue weighted by atomic mass is 10.0. The molecule has 3 amide bonds. The van der Waals surface area contributed by atoms with E-state index >= 15 is 0 Å². The van der Waals surface area contributed by atoms with Gasteiger partial charge in [0.1, 0.15) is 17.5 Å². The molecule has 0 aliphatic carbocycles. The lowest BCUT2D eigenvalue weighted by Gasteiger charge is -2.22. The molecule has 10 nitrogen and oxygen atoms in total. The molecule has 0 aliphatic rings. The van der Waals surface area contributed by atoms with E-state index in [2.05, 4.69) is 15.6 Å². The summed E-state index contributed by atoms with van der Waals surface area (Å²) in [6, 6.07) is 18.4. The van der Waals surface area contributed by atoms with Crippen molar-refractivity contribution in [1.29, 1.82) is 0 Å². The van der Waals surface area contributed by atoms with Gasteiger partial charge in [0.25, 0.3) is 5.91 Å². The summed E-state index contributed by atoms with van der Waals surface area (Å²) in [5.74, 6) is -1.44. The van der Waals surface area contributed by atoms with E-state index in [-0.39, 0.29) is 31.6 Å². The zero-order valence-corrected chi connectivity index (χ0v) is 22.5. The van der Waals surface area contributed by atoms with Crippen LogP contribution in [0.5, 0.6) is 5.75 Å². The number of primary amides is 1. The topological polar surface area (TPSA) is 153 Å². The van der Waals surface area contributed by atoms with Gasteiger partial charge in [-0.15, -0.1) is 0 Å². The fourth-order valence-corrected chi connectivity index (χ4v) is 4.03. The molecule has 2 unspecified atom stereocenters. The second kappa shape index (κ2) is 14.9. The SMILES string of the molecule is CCOC(=O)/C=C/C(CCC(N)=O)NC(=O)C(Cc1ccccc1)NC(=O)c1ccc(-c2ccccc2OC)[nH]1. The van der Waals surface area contributed by atoms with Crippen LogP contribution >= 0.6 is 0 Å². The van der Waals surface area contributed by atoms with Crippen molar-refractivity contribution in [3.8, 4) is 17.0 Å². The quantitative estimate of drug-likeness (QED) is 0.180. The van der Waals surface area contributed by atoms with Crippen LogP contribution in [0, 0.1) is 0 Å². The Kier molecular flexibility index (Phi) is 11.1. The minimum absolute atomic E-state index is 0.0119. The molecule has 0 bridgehead atoms. The number of aromatic amines is 1. The molecule has 1 aromatic heterocycles. The third kappa shape index (κ3) is 8.87. The molecule has 2 atom stereocenters. The van der Waals surface area contributed by atoms with Crippen molar-refractivity contribution in [2.24, 2.45) is 5.73 Å². The molecule has 1 heterocycles. The Bertz CT molecular complexity index is 1330. The van der Waals surface area contributed by atoms with Gasteiger partial charge in [-0.05, 0) is 43.2 Å².